The zero-order valence-corrected chi connectivity index (χ0v) is 6.93. The zero-order valence-electron chi connectivity index (χ0n) is 6.93. The minimum absolute atomic E-state index is 0.326. The van der Waals surface area contributed by atoms with Crippen LogP contribution in [0.2, 0.25) is 0 Å². The van der Waals surface area contributed by atoms with Crippen molar-refractivity contribution in [3.8, 4) is 0 Å². The number of hydrogen-bond donors (Lipinski definition) is 0. The van der Waals surface area contributed by atoms with E-state index in [1.54, 1.807) is 6.92 Å². The standard InChI is InChI=1S/C9H14O2/c1-7(10)2-3-8-4-9(8)5-11-6-9/h8H,2-6H2,1H3. The summed E-state index contributed by atoms with van der Waals surface area (Å²) < 4.78 is 5.15. The summed E-state index contributed by atoms with van der Waals surface area (Å²) >= 11 is 0. The van der Waals surface area contributed by atoms with Gasteiger partial charge in [0, 0.05) is 11.8 Å². The van der Waals surface area contributed by atoms with Crippen LogP contribution in [0.5, 0.6) is 0 Å². The van der Waals surface area contributed by atoms with Gasteiger partial charge in [-0.15, -0.1) is 0 Å². The van der Waals surface area contributed by atoms with E-state index in [1.807, 2.05) is 0 Å². The van der Waals surface area contributed by atoms with E-state index >= 15 is 0 Å². The molecule has 0 aromatic carbocycles. The molecule has 0 amide bonds. The lowest BCUT2D eigenvalue weighted by Gasteiger charge is -2.27. The van der Waals surface area contributed by atoms with E-state index in [2.05, 4.69) is 0 Å². The average molecular weight is 154 g/mol. The third-order valence-electron chi connectivity index (χ3n) is 2.98. The Balaban J connectivity index is 1.71. The predicted molar refractivity (Wildman–Crippen MR) is 41.3 cm³/mol. The molecule has 1 aliphatic carbocycles. The zero-order chi connectivity index (χ0) is 7.90. The van der Waals surface area contributed by atoms with Crippen LogP contribution in [0, 0.1) is 11.3 Å². The van der Waals surface area contributed by atoms with Crippen LogP contribution in [0.4, 0.5) is 0 Å². The van der Waals surface area contributed by atoms with Gasteiger partial charge in [0.1, 0.15) is 5.78 Å². The minimum Gasteiger partial charge on any atom is -0.380 e. The topological polar surface area (TPSA) is 26.3 Å². The highest BCUT2D eigenvalue weighted by molar-refractivity contribution is 5.75. The SMILES string of the molecule is CC(=O)CCC1CC12COC2. The van der Waals surface area contributed by atoms with E-state index in [0.29, 0.717) is 11.2 Å². The summed E-state index contributed by atoms with van der Waals surface area (Å²) in [5.41, 5.74) is 0.551. The summed E-state index contributed by atoms with van der Waals surface area (Å²) in [4.78, 5) is 10.7. The van der Waals surface area contributed by atoms with Crippen LogP contribution in [-0.2, 0) is 9.53 Å². The highest BCUT2D eigenvalue weighted by atomic mass is 16.5. The lowest BCUT2D eigenvalue weighted by Crippen LogP contribution is -2.31. The Morgan fingerprint density at radius 1 is 1.64 bits per heavy atom. The van der Waals surface area contributed by atoms with Gasteiger partial charge in [-0.3, -0.25) is 0 Å². The van der Waals surface area contributed by atoms with E-state index in [4.69, 9.17) is 4.74 Å². The van der Waals surface area contributed by atoms with Crippen molar-refractivity contribution in [2.45, 2.75) is 26.2 Å². The first kappa shape index (κ1) is 7.29. The fraction of sp³-hybridized carbons (Fsp3) is 0.889. The molecule has 1 saturated heterocycles. The molecule has 1 spiro atoms. The third-order valence-corrected chi connectivity index (χ3v) is 2.98. The number of hydrogen-bond acceptors (Lipinski definition) is 2. The predicted octanol–water partition coefficient (Wildman–Crippen LogP) is 1.39. The largest absolute Gasteiger partial charge is 0.380 e. The van der Waals surface area contributed by atoms with Gasteiger partial charge in [-0.05, 0) is 25.7 Å². The number of rotatable bonds is 3. The van der Waals surface area contributed by atoms with E-state index in [-0.39, 0.29) is 0 Å². The molecule has 0 aromatic rings. The molecule has 1 heterocycles. The van der Waals surface area contributed by atoms with Gasteiger partial charge in [0.05, 0.1) is 13.2 Å². The van der Waals surface area contributed by atoms with Gasteiger partial charge in [-0.25, -0.2) is 0 Å². The number of Topliss-reactive ketones (excluding diaryl/α,β-unsaturated/α-hetero) is 1. The fourth-order valence-corrected chi connectivity index (χ4v) is 1.94. The maximum Gasteiger partial charge on any atom is 0.129 e. The summed E-state index contributed by atoms with van der Waals surface area (Å²) in [6, 6.07) is 0. The molecule has 2 heteroatoms. The summed E-state index contributed by atoms with van der Waals surface area (Å²) in [5, 5.41) is 0. The van der Waals surface area contributed by atoms with Crippen molar-refractivity contribution in [2.75, 3.05) is 13.2 Å². The molecule has 11 heavy (non-hydrogen) atoms. The molecule has 2 fully saturated rings. The van der Waals surface area contributed by atoms with E-state index in [1.165, 1.54) is 6.42 Å². The van der Waals surface area contributed by atoms with Crippen LogP contribution in [0.3, 0.4) is 0 Å². The molecule has 2 rings (SSSR count). The number of ketones is 1. The van der Waals surface area contributed by atoms with Crippen molar-refractivity contribution < 1.29 is 9.53 Å². The minimum atomic E-state index is 0.326. The molecule has 62 valence electrons. The second kappa shape index (κ2) is 2.31. The van der Waals surface area contributed by atoms with Crippen molar-refractivity contribution in [1.29, 1.82) is 0 Å². The van der Waals surface area contributed by atoms with Gasteiger partial charge in [0.25, 0.3) is 0 Å². The van der Waals surface area contributed by atoms with Crippen LogP contribution in [0.25, 0.3) is 0 Å². The summed E-state index contributed by atoms with van der Waals surface area (Å²) in [6.45, 7) is 3.58. The number of ether oxygens (including phenoxy) is 1. The molecule has 1 aliphatic heterocycles. The Kier molecular flexibility index (Phi) is 1.53. The first-order valence-electron chi connectivity index (χ1n) is 4.30. The van der Waals surface area contributed by atoms with E-state index < -0.39 is 0 Å². The summed E-state index contributed by atoms with van der Waals surface area (Å²) in [6.07, 6.45) is 3.17. The molecule has 1 saturated carbocycles. The normalized spacial score (nSPS) is 31.5. The fourth-order valence-electron chi connectivity index (χ4n) is 1.94. The molecule has 1 atom stereocenters. The molecule has 0 radical (unpaired) electrons. The number of carbonyl (C=O) groups is 1. The second-order valence-corrected chi connectivity index (χ2v) is 4.00. The van der Waals surface area contributed by atoms with Crippen molar-refractivity contribution in [1.82, 2.24) is 0 Å². The van der Waals surface area contributed by atoms with Gasteiger partial charge in [-0.1, -0.05) is 0 Å². The number of carbonyl (C=O) groups excluding carboxylic acids is 1. The Morgan fingerprint density at radius 3 is 2.73 bits per heavy atom. The van der Waals surface area contributed by atoms with Crippen molar-refractivity contribution >= 4 is 5.78 Å². The summed E-state index contributed by atoms with van der Waals surface area (Å²) in [5.74, 6) is 1.13. The maximum absolute atomic E-state index is 10.7. The monoisotopic (exact) mass is 154 g/mol. The molecule has 0 bridgehead atoms. The Hall–Kier alpha value is -0.370. The van der Waals surface area contributed by atoms with Crippen molar-refractivity contribution in [3.63, 3.8) is 0 Å². The third kappa shape index (κ3) is 1.20. The lowest BCUT2D eigenvalue weighted by atomic mass is 9.99. The Morgan fingerprint density at radius 2 is 2.36 bits per heavy atom. The smallest absolute Gasteiger partial charge is 0.129 e. The average Bonchev–Trinajstić information content (AvgIpc) is 2.55. The van der Waals surface area contributed by atoms with Crippen LogP contribution in [0.1, 0.15) is 26.2 Å². The highest BCUT2D eigenvalue weighted by Gasteiger charge is 2.58. The van der Waals surface area contributed by atoms with Gasteiger partial charge < -0.3 is 9.53 Å². The van der Waals surface area contributed by atoms with Crippen molar-refractivity contribution in [3.05, 3.63) is 0 Å². The maximum atomic E-state index is 10.7. The van der Waals surface area contributed by atoms with Crippen molar-refractivity contribution in [2.24, 2.45) is 11.3 Å². The van der Waals surface area contributed by atoms with Crippen LogP contribution in [-0.4, -0.2) is 19.0 Å². The Bertz CT molecular complexity index is 182. The first-order chi connectivity index (χ1) is 5.23. The molecule has 0 N–H and O–H groups in total. The molecule has 0 aromatic heterocycles. The van der Waals surface area contributed by atoms with Crippen LogP contribution >= 0.6 is 0 Å². The van der Waals surface area contributed by atoms with Gasteiger partial charge >= 0.3 is 0 Å². The van der Waals surface area contributed by atoms with Crippen LogP contribution in [0.15, 0.2) is 0 Å². The van der Waals surface area contributed by atoms with E-state index in [0.717, 1.165) is 32.0 Å². The van der Waals surface area contributed by atoms with Gasteiger partial charge in [0.15, 0.2) is 0 Å². The molecular weight excluding hydrogens is 140 g/mol. The first-order valence-corrected chi connectivity index (χ1v) is 4.30. The van der Waals surface area contributed by atoms with Gasteiger partial charge in [0.2, 0.25) is 0 Å². The molecular formula is C9H14O2. The van der Waals surface area contributed by atoms with Gasteiger partial charge in [-0.2, -0.15) is 0 Å². The highest BCUT2D eigenvalue weighted by Crippen LogP contribution is 2.59. The lowest BCUT2D eigenvalue weighted by molar-refractivity contribution is -0.117. The quantitative estimate of drug-likeness (QED) is 0.614. The molecule has 2 aliphatic rings. The summed E-state index contributed by atoms with van der Waals surface area (Å²) in [7, 11) is 0. The van der Waals surface area contributed by atoms with Crippen LogP contribution < -0.4 is 0 Å². The van der Waals surface area contributed by atoms with E-state index in [9.17, 15) is 4.79 Å². The second-order valence-electron chi connectivity index (χ2n) is 4.00. The molecule has 1 unspecified atom stereocenters. The molecule has 2 nitrogen and oxygen atoms in total. The Labute approximate surface area is 66.9 Å².